The Kier molecular flexibility index (Phi) is 8.30. The number of halogens is 6. The van der Waals surface area contributed by atoms with Gasteiger partial charge in [0.05, 0.1) is 5.56 Å². The van der Waals surface area contributed by atoms with Gasteiger partial charge in [-0.3, -0.25) is 9.69 Å². The van der Waals surface area contributed by atoms with Gasteiger partial charge in [-0.25, -0.2) is 0 Å². The SMILES string of the molecule is O=C(Nc1ccc(N2CCN(CCCC(F)(F)F)CC2)cc1)c1ccccc1-c1ccc(C(F)(F)F)cc1. The predicted molar refractivity (Wildman–Crippen MR) is 135 cm³/mol. The highest BCUT2D eigenvalue weighted by atomic mass is 19.4. The molecule has 1 aliphatic rings. The molecule has 3 aromatic rings. The van der Waals surface area contributed by atoms with Gasteiger partial charge in [0, 0.05) is 49.5 Å². The van der Waals surface area contributed by atoms with Crippen LogP contribution in [0, 0.1) is 0 Å². The number of carbonyl (C=O) groups is 1. The maximum atomic E-state index is 13.0. The second kappa shape index (κ2) is 11.5. The van der Waals surface area contributed by atoms with E-state index in [0.29, 0.717) is 55.1 Å². The van der Waals surface area contributed by atoms with E-state index in [1.54, 1.807) is 36.4 Å². The third-order valence-electron chi connectivity index (χ3n) is 6.49. The van der Waals surface area contributed by atoms with Gasteiger partial charge in [-0.2, -0.15) is 26.3 Å². The summed E-state index contributed by atoms with van der Waals surface area (Å²) in [6.45, 7) is 3.16. The molecule has 0 aromatic heterocycles. The zero-order valence-electron chi connectivity index (χ0n) is 20.4. The molecule has 0 atom stereocenters. The highest BCUT2D eigenvalue weighted by Gasteiger charge is 2.30. The molecule has 38 heavy (non-hydrogen) atoms. The zero-order valence-corrected chi connectivity index (χ0v) is 20.4. The van der Waals surface area contributed by atoms with Crippen molar-refractivity contribution in [2.75, 3.05) is 42.9 Å². The Hall–Kier alpha value is -3.53. The van der Waals surface area contributed by atoms with Gasteiger partial charge in [0.1, 0.15) is 0 Å². The maximum Gasteiger partial charge on any atom is 0.416 e. The normalized spacial score (nSPS) is 14.9. The van der Waals surface area contributed by atoms with Gasteiger partial charge >= 0.3 is 12.4 Å². The minimum atomic E-state index is -4.44. The summed E-state index contributed by atoms with van der Waals surface area (Å²) < 4.78 is 75.8. The monoisotopic (exact) mass is 535 g/mol. The van der Waals surface area contributed by atoms with Crippen LogP contribution in [-0.2, 0) is 6.18 Å². The number of benzene rings is 3. The number of nitrogens with one attached hydrogen (secondary N) is 1. The number of hydrogen-bond donors (Lipinski definition) is 1. The molecule has 1 saturated heterocycles. The van der Waals surface area contributed by atoms with Gasteiger partial charge in [0.25, 0.3) is 5.91 Å². The lowest BCUT2D eigenvalue weighted by Gasteiger charge is -2.36. The second-order valence-corrected chi connectivity index (χ2v) is 9.17. The minimum Gasteiger partial charge on any atom is -0.369 e. The van der Waals surface area contributed by atoms with Gasteiger partial charge in [-0.1, -0.05) is 30.3 Å². The van der Waals surface area contributed by atoms with E-state index in [2.05, 4.69) is 10.2 Å². The van der Waals surface area contributed by atoms with Crippen LogP contribution in [0.15, 0.2) is 72.8 Å². The number of rotatable bonds is 7. The molecule has 10 heteroatoms. The molecule has 0 saturated carbocycles. The molecule has 1 N–H and O–H groups in total. The Morgan fingerprint density at radius 3 is 2.03 bits per heavy atom. The summed E-state index contributed by atoms with van der Waals surface area (Å²) in [5, 5.41) is 2.84. The molecule has 1 amide bonds. The lowest BCUT2D eigenvalue weighted by Crippen LogP contribution is -2.46. The van der Waals surface area contributed by atoms with Crippen LogP contribution >= 0.6 is 0 Å². The van der Waals surface area contributed by atoms with Crippen molar-refractivity contribution >= 4 is 17.3 Å². The summed E-state index contributed by atoms with van der Waals surface area (Å²) in [6, 6.07) is 18.7. The van der Waals surface area contributed by atoms with Gasteiger partial charge < -0.3 is 10.2 Å². The van der Waals surface area contributed by atoms with E-state index < -0.39 is 24.3 Å². The Bertz CT molecular complexity index is 1220. The third-order valence-corrected chi connectivity index (χ3v) is 6.49. The average molecular weight is 536 g/mol. The molecular weight excluding hydrogens is 508 g/mol. The number of carbonyl (C=O) groups excluding carboxylic acids is 1. The first-order valence-electron chi connectivity index (χ1n) is 12.2. The number of anilines is 2. The molecule has 0 bridgehead atoms. The van der Waals surface area contributed by atoms with Crippen molar-refractivity contribution in [2.24, 2.45) is 0 Å². The molecule has 4 rings (SSSR count). The number of amides is 1. The number of alkyl halides is 6. The number of hydrogen-bond acceptors (Lipinski definition) is 3. The fourth-order valence-corrected chi connectivity index (χ4v) is 4.46. The first-order chi connectivity index (χ1) is 18.0. The van der Waals surface area contributed by atoms with Crippen molar-refractivity contribution in [3.8, 4) is 11.1 Å². The van der Waals surface area contributed by atoms with Gasteiger partial charge in [-0.15, -0.1) is 0 Å². The summed E-state index contributed by atoms with van der Waals surface area (Å²) in [4.78, 5) is 17.2. The molecule has 0 spiro atoms. The summed E-state index contributed by atoms with van der Waals surface area (Å²) in [7, 11) is 0. The number of nitrogens with zero attached hydrogens (tertiary/aromatic N) is 2. The van der Waals surface area contributed by atoms with Crippen molar-refractivity contribution < 1.29 is 31.1 Å². The lowest BCUT2D eigenvalue weighted by molar-refractivity contribution is -0.138. The molecule has 0 radical (unpaired) electrons. The van der Waals surface area contributed by atoms with Gasteiger partial charge in [0.2, 0.25) is 0 Å². The van der Waals surface area contributed by atoms with E-state index in [1.165, 1.54) is 12.1 Å². The fourth-order valence-electron chi connectivity index (χ4n) is 4.46. The molecule has 3 aromatic carbocycles. The Labute approximate surface area is 216 Å². The smallest absolute Gasteiger partial charge is 0.369 e. The molecule has 0 unspecified atom stereocenters. The highest BCUT2D eigenvalue weighted by Crippen LogP contribution is 2.32. The molecule has 1 heterocycles. The summed E-state index contributed by atoms with van der Waals surface area (Å²) in [5.74, 6) is -0.388. The molecule has 202 valence electrons. The van der Waals surface area contributed by atoms with Crippen LogP contribution in [0.2, 0.25) is 0 Å². The van der Waals surface area contributed by atoms with E-state index >= 15 is 0 Å². The highest BCUT2D eigenvalue weighted by molar-refractivity contribution is 6.08. The largest absolute Gasteiger partial charge is 0.416 e. The van der Waals surface area contributed by atoms with Crippen molar-refractivity contribution in [1.29, 1.82) is 0 Å². The second-order valence-electron chi connectivity index (χ2n) is 9.17. The average Bonchev–Trinajstić information content (AvgIpc) is 2.88. The van der Waals surface area contributed by atoms with Crippen LogP contribution in [0.25, 0.3) is 11.1 Å². The van der Waals surface area contributed by atoms with Crippen LogP contribution in [0.5, 0.6) is 0 Å². The molecule has 0 aliphatic carbocycles. The minimum absolute atomic E-state index is 0.0971. The van der Waals surface area contributed by atoms with E-state index in [9.17, 15) is 31.1 Å². The number of piperazine rings is 1. The predicted octanol–water partition coefficient (Wildman–Crippen LogP) is 7.09. The first kappa shape index (κ1) is 27.5. The topological polar surface area (TPSA) is 35.6 Å². The first-order valence-corrected chi connectivity index (χ1v) is 12.2. The molecular formula is C28H27F6N3O. The van der Waals surface area contributed by atoms with E-state index in [-0.39, 0.29) is 12.3 Å². The van der Waals surface area contributed by atoms with E-state index in [1.807, 2.05) is 17.0 Å². The summed E-state index contributed by atoms with van der Waals surface area (Å²) in [6.07, 6.45) is -9.23. The summed E-state index contributed by atoms with van der Waals surface area (Å²) >= 11 is 0. The summed E-state index contributed by atoms with van der Waals surface area (Å²) in [5.41, 5.74) is 2.10. The molecule has 4 nitrogen and oxygen atoms in total. The molecule has 1 fully saturated rings. The van der Waals surface area contributed by atoms with Crippen LogP contribution in [-0.4, -0.2) is 49.7 Å². The van der Waals surface area contributed by atoms with Crippen molar-refractivity contribution in [3.05, 3.63) is 83.9 Å². The Morgan fingerprint density at radius 1 is 0.789 bits per heavy atom. The lowest BCUT2D eigenvalue weighted by atomic mass is 9.98. The Balaban J connectivity index is 1.35. The fraction of sp³-hybridized carbons (Fsp3) is 0.321. The van der Waals surface area contributed by atoms with Gasteiger partial charge in [0.15, 0.2) is 0 Å². The van der Waals surface area contributed by atoms with Crippen molar-refractivity contribution in [2.45, 2.75) is 25.2 Å². The van der Waals surface area contributed by atoms with Crippen LogP contribution in [0.1, 0.15) is 28.8 Å². The van der Waals surface area contributed by atoms with Crippen molar-refractivity contribution in [3.63, 3.8) is 0 Å². The maximum absolute atomic E-state index is 13.0. The zero-order chi connectivity index (χ0) is 27.3. The quantitative estimate of drug-likeness (QED) is 0.328. The Morgan fingerprint density at radius 2 is 1.42 bits per heavy atom. The van der Waals surface area contributed by atoms with E-state index in [4.69, 9.17) is 0 Å². The van der Waals surface area contributed by atoms with Crippen LogP contribution in [0.4, 0.5) is 37.7 Å². The standard InChI is InChI=1S/C28H27F6N3O/c29-27(30,31)14-3-15-36-16-18-37(19-17-36)23-12-10-22(11-13-23)35-26(38)25-5-2-1-4-24(25)20-6-8-21(9-7-20)28(32,33)34/h1-2,4-13H,3,14-19H2,(H,35,38). The third kappa shape index (κ3) is 7.28. The van der Waals surface area contributed by atoms with Crippen molar-refractivity contribution in [1.82, 2.24) is 4.90 Å². The molecule has 1 aliphatic heterocycles. The van der Waals surface area contributed by atoms with Crippen LogP contribution < -0.4 is 10.2 Å². The van der Waals surface area contributed by atoms with Crippen LogP contribution in [0.3, 0.4) is 0 Å². The van der Waals surface area contributed by atoms with Gasteiger partial charge in [-0.05, 0) is 66.6 Å². The van der Waals surface area contributed by atoms with E-state index in [0.717, 1.165) is 17.8 Å².